The fourth-order valence-electron chi connectivity index (χ4n) is 7.47. The molecule has 1 amide bonds. The third-order valence-electron chi connectivity index (χ3n) is 11.3. The number of allylic oxidation sites excluding steroid dienone is 7. The molecular weight excluding hydrogens is 703 g/mol. The number of nitrogens with one attached hydrogen (secondary N) is 1. The summed E-state index contributed by atoms with van der Waals surface area (Å²) < 4.78 is 0. The van der Waals surface area contributed by atoms with Crippen LogP contribution in [-0.2, 0) is 4.79 Å². The highest BCUT2D eigenvalue weighted by atomic mass is 16.3. The molecule has 0 spiro atoms. The van der Waals surface area contributed by atoms with Crippen LogP contribution in [0, 0.1) is 0 Å². The van der Waals surface area contributed by atoms with Gasteiger partial charge in [-0.15, -0.1) is 0 Å². The molecule has 0 aliphatic carbocycles. The van der Waals surface area contributed by atoms with Crippen LogP contribution in [0.5, 0.6) is 0 Å². The van der Waals surface area contributed by atoms with Crippen molar-refractivity contribution in [3.05, 3.63) is 48.6 Å². The van der Waals surface area contributed by atoms with Crippen molar-refractivity contribution in [3.63, 3.8) is 0 Å². The summed E-state index contributed by atoms with van der Waals surface area (Å²) in [5, 5.41) is 33.2. The largest absolute Gasteiger partial charge is 0.394 e. The minimum atomic E-state index is -0.959. The lowest BCUT2D eigenvalue weighted by atomic mass is 10.0. The highest BCUT2D eigenvalue weighted by Crippen LogP contribution is 2.16. The van der Waals surface area contributed by atoms with E-state index in [1.54, 1.807) is 6.08 Å². The molecule has 3 unspecified atom stereocenters. The van der Waals surface area contributed by atoms with Gasteiger partial charge in [-0.2, -0.15) is 0 Å². The van der Waals surface area contributed by atoms with Crippen molar-refractivity contribution in [2.24, 2.45) is 0 Å². The van der Waals surface area contributed by atoms with E-state index >= 15 is 0 Å². The van der Waals surface area contributed by atoms with Gasteiger partial charge in [0.15, 0.2) is 0 Å². The summed E-state index contributed by atoms with van der Waals surface area (Å²) in [4.78, 5) is 12.4. The van der Waals surface area contributed by atoms with Crippen LogP contribution >= 0.6 is 0 Å². The number of carbonyl (C=O) groups is 1. The lowest BCUT2D eigenvalue weighted by molar-refractivity contribution is -0.124. The molecule has 5 nitrogen and oxygen atoms in total. The zero-order chi connectivity index (χ0) is 41.5. The van der Waals surface area contributed by atoms with Crippen LogP contribution in [0.4, 0.5) is 0 Å². The Bertz CT molecular complexity index is 927. The van der Waals surface area contributed by atoms with E-state index < -0.39 is 18.2 Å². The number of hydrogen-bond donors (Lipinski definition) is 4. The van der Waals surface area contributed by atoms with E-state index in [2.05, 4.69) is 55.6 Å². The van der Waals surface area contributed by atoms with Crippen molar-refractivity contribution in [1.29, 1.82) is 0 Å². The summed E-state index contributed by atoms with van der Waals surface area (Å²) in [5.74, 6) is -0.330. The lowest BCUT2D eigenvalue weighted by Gasteiger charge is -2.21. The smallest absolute Gasteiger partial charge is 0.222 e. The predicted molar refractivity (Wildman–Crippen MR) is 250 cm³/mol. The summed E-state index contributed by atoms with van der Waals surface area (Å²) in [6, 6.07) is -0.767. The monoisotopic (exact) mass is 800 g/mol. The van der Waals surface area contributed by atoms with E-state index in [4.69, 9.17) is 0 Å². The van der Waals surface area contributed by atoms with E-state index in [0.29, 0.717) is 6.42 Å². The SMILES string of the molecule is CCCC/C=C/CC/C=C/CC/C=C/C(O)C(CO)NC(=O)CC(O)CCCCCCCCCCCCCCCC/C=C\CCCCCCCCCCCCCC. The Hall–Kier alpha value is -1.69. The van der Waals surface area contributed by atoms with Crippen LogP contribution in [0.2, 0.25) is 0 Å². The third kappa shape index (κ3) is 43.7. The van der Waals surface area contributed by atoms with Gasteiger partial charge in [0.2, 0.25) is 5.91 Å². The molecule has 0 heterocycles. The highest BCUT2D eigenvalue weighted by molar-refractivity contribution is 5.76. The van der Waals surface area contributed by atoms with E-state index in [1.807, 2.05) is 6.08 Å². The van der Waals surface area contributed by atoms with Gasteiger partial charge in [0.25, 0.3) is 0 Å². The maximum absolute atomic E-state index is 12.4. The fraction of sp³-hybridized carbons (Fsp3) is 0.827. The van der Waals surface area contributed by atoms with Gasteiger partial charge in [-0.1, -0.05) is 229 Å². The molecule has 0 fully saturated rings. The molecule has 0 aromatic rings. The predicted octanol–water partition coefficient (Wildman–Crippen LogP) is 14.9. The van der Waals surface area contributed by atoms with E-state index in [-0.39, 0.29) is 18.9 Å². The van der Waals surface area contributed by atoms with Crippen LogP contribution in [0.25, 0.3) is 0 Å². The van der Waals surface area contributed by atoms with Crippen molar-refractivity contribution in [1.82, 2.24) is 5.32 Å². The van der Waals surface area contributed by atoms with E-state index in [0.717, 1.165) is 38.5 Å². The van der Waals surface area contributed by atoms with Gasteiger partial charge in [-0.3, -0.25) is 4.79 Å². The molecule has 3 atom stereocenters. The van der Waals surface area contributed by atoms with Crippen LogP contribution < -0.4 is 5.32 Å². The van der Waals surface area contributed by atoms with Crippen molar-refractivity contribution >= 4 is 5.91 Å². The Morgan fingerprint density at radius 3 is 1.18 bits per heavy atom. The molecule has 4 N–H and O–H groups in total. The second kappa shape index (κ2) is 47.0. The van der Waals surface area contributed by atoms with Crippen LogP contribution in [0.3, 0.4) is 0 Å². The van der Waals surface area contributed by atoms with Gasteiger partial charge >= 0.3 is 0 Å². The Labute approximate surface area is 355 Å². The van der Waals surface area contributed by atoms with Gasteiger partial charge < -0.3 is 20.6 Å². The van der Waals surface area contributed by atoms with Gasteiger partial charge in [-0.25, -0.2) is 0 Å². The molecule has 0 aliphatic rings. The van der Waals surface area contributed by atoms with Gasteiger partial charge in [-0.05, 0) is 64.2 Å². The standard InChI is InChI=1S/C52H97NO4/c1-3-5-7-9-11-13-15-17-18-19-20-21-22-23-24-25-26-27-28-29-30-31-32-33-34-35-37-39-41-43-45-49(55)47-52(57)53-50(48-54)51(56)46-44-42-40-38-36-16-14-12-10-8-6-4-2/h10,12,23-24,36,38,44,46,49-51,54-56H,3-9,11,13-22,25-35,37,39-43,45,47-48H2,1-2H3,(H,53,57)/b12-10+,24-23-,38-36+,46-44+. The molecule has 0 bridgehead atoms. The van der Waals surface area contributed by atoms with Gasteiger partial charge in [0.05, 0.1) is 31.3 Å². The zero-order valence-electron chi connectivity index (χ0n) is 38.0. The Morgan fingerprint density at radius 1 is 0.439 bits per heavy atom. The summed E-state index contributed by atoms with van der Waals surface area (Å²) in [6.07, 6.45) is 61.5. The maximum atomic E-state index is 12.4. The normalized spacial score (nSPS) is 13.8. The van der Waals surface area contributed by atoms with Crippen LogP contribution in [0.1, 0.15) is 251 Å². The molecule has 0 radical (unpaired) electrons. The number of amides is 1. The number of unbranched alkanes of at least 4 members (excludes halogenated alkanes) is 30. The second-order valence-electron chi connectivity index (χ2n) is 17.0. The van der Waals surface area contributed by atoms with Gasteiger partial charge in [0.1, 0.15) is 0 Å². The Balaban J connectivity index is 3.55. The minimum absolute atomic E-state index is 0.00241. The maximum Gasteiger partial charge on any atom is 0.222 e. The quantitative estimate of drug-likeness (QED) is 0.0365. The van der Waals surface area contributed by atoms with Crippen molar-refractivity contribution in [3.8, 4) is 0 Å². The number of carbonyl (C=O) groups excluding carboxylic acids is 1. The molecule has 57 heavy (non-hydrogen) atoms. The number of rotatable bonds is 45. The first-order chi connectivity index (χ1) is 28.0. The van der Waals surface area contributed by atoms with Crippen LogP contribution in [0.15, 0.2) is 48.6 Å². The van der Waals surface area contributed by atoms with E-state index in [1.165, 1.54) is 186 Å². The molecule has 334 valence electrons. The molecule has 0 aliphatic heterocycles. The Kier molecular flexibility index (Phi) is 45.6. The highest BCUT2D eigenvalue weighted by Gasteiger charge is 2.20. The van der Waals surface area contributed by atoms with Crippen molar-refractivity contribution in [2.75, 3.05) is 6.61 Å². The molecule has 5 heteroatoms. The molecule has 0 aromatic heterocycles. The summed E-state index contributed by atoms with van der Waals surface area (Å²) >= 11 is 0. The molecule has 0 aromatic carbocycles. The van der Waals surface area contributed by atoms with Crippen molar-refractivity contribution in [2.45, 2.75) is 270 Å². The lowest BCUT2D eigenvalue weighted by Crippen LogP contribution is -2.45. The molecular formula is C52H97NO4. The summed E-state index contributed by atoms with van der Waals surface area (Å²) in [7, 11) is 0. The fourth-order valence-corrected chi connectivity index (χ4v) is 7.47. The second-order valence-corrected chi connectivity index (χ2v) is 17.0. The van der Waals surface area contributed by atoms with Crippen LogP contribution in [-0.4, -0.2) is 46.1 Å². The minimum Gasteiger partial charge on any atom is -0.394 e. The van der Waals surface area contributed by atoms with Gasteiger partial charge in [0, 0.05) is 0 Å². The average Bonchev–Trinajstić information content (AvgIpc) is 3.20. The number of aliphatic hydroxyl groups excluding tert-OH is 3. The first kappa shape index (κ1) is 55.3. The van der Waals surface area contributed by atoms with E-state index in [9.17, 15) is 20.1 Å². The molecule has 0 saturated carbocycles. The summed E-state index contributed by atoms with van der Waals surface area (Å²) in [5.41, 5.74) is 0. The summed E-state index contributed by atoms with van der Waals surface area (Å²) in [6.45, 7) is 4.15. The first-order valence-electron chi connectivity index (χ1n) is 24.9. The molecule has 0 rings (SSSR count). The third-order valence-corrected chi connectivity index (χ3v) is 11.3. The first-order valence-corrected chi connectivity index (χ1v) is 24.9. The average molecular weight is 800 g/mol. The molecule has 0 saturated heterocycles. The van der Waals surface area contributed by atoms with Crippen molar-refractivity contribution < 1.29 is 20.1 Å². The Morgan fingerprint density at radius 2 is 0.772 bits per heavy atom. The number of hydrogen-bond acceptors (Lipinski definition) is 4. The number of aliphatic hydroxyl groups is 3. The zero-order valence-corrected chi connectivity index (χ0v) is 38.0. The topological polar surface area (TPSA) is 89.8 Å².